The normalized spacial score (nSPS) is 22.4. The number of aryl methyl sites for hydroxylation is 1. The lowest BCUT2D eigenvalue weighted by molar-refractivity contribution is -0.644. The third-order valence-electron chi connectivity index (χ3n) is 6.25. The molecule has 1 atom stereocenters. The number of para-hydroxylation sites is 1. The van der Waals surface area contributed by atoms with E-state index in [9.17, 15) is 0 Å². The molecule has 2 aromatic carbocycles. The Balaban J connectivity index is 1.72. The molecule has 130 valence electrons. The summed E-state index contributed by atoms with van der Waals surface area (Å²) in [6.45, 7) is 4.54. The van der Waals surface area contributed by atoms with Crippen molar-refractivity contribution in [2.45, 2.75) is 25.0 Å². The number of ether oxygens (including phenoxy) is 1. The van der Waals surface area contributed by atoms with Gasteiger partial charge in [-0.05, 0) is 49.8 Å². The fraction of sp³-hybridized carbons (Fsp3) is 0.261. The van der Waals surface area contributed by atoms with Gasteiger partial charge in [0.25, 0.3) is 0 Å². The minimum atomic E-state index is -0.520. The van der Waals surface area contributed by atoms with Crippen LogP contribution >= 0.6 is 0 Å². The van der Waals surface area contributed by atoms with Gasteiger partial charge >= 0.3 is 0 Å². The Labute approximate surface area is 154 Å². The van der Waals surface area contributed by atoms with Crippen LogP contribution in [-0.4, -0.2) is 12.8 Å². The van der Waals surface area contributed by atoms with Gasteiger partial charge < -0.3 is 9.64 Å². The molecule has 0 fully saturated rings. The Hall–Kier alpha value is -2.81. The molecular formula is C23H23N2O+. The van der Waals surface area contributed by atoms with Crippen molar-refractivity contribution in [2.75, 3.05) is 11.9 Å². The molecule has 0 radical (unpaired) electrons. The monoisotopic (exact) mass is 343 g/mol. The molecule has 0 saturated heterocycles. The van der Waals surface area contributed by atoms with E-state index in [1.165, 1.54) is 22.2 Å². The smallest absolute Gasteiger partial charge is 0.213 e. The van der Waals surface area contributed by atoms with E-state index >= 15 is 0 Å². The van der Waals surface area contributed by atoms with Gasteiger partial charge in [0, 0.05) is 30.4 Å². The van der Waals surface area contributed by atoms with Crippen LogP contribution in [0.25, 0.3) is 17.0 Å². The van der Waals surface area contributed by atoms with Crippen LogP contribution in [0.3, 0.4) is 0 Å². The first-order chi connectivity index (χ1) is 12.5. The van der Waals surface area contributed by atoms with Gasteiger partial charge in [-0.25, -0.2) is 4.57 Å². The average molecular weight is 343 g/mol. The number of anilines is 1. The summed E-state index contributed by atoms with van der Waals surface area (Å²) in [5.74, 6) is 0.943. The molecule has 3 nitrogen and oxygen atoms in total. The third-order valence-corrected chi connectivity index (χ3v) is 6.25. The lowest BCUT2D eigenvalue weighted by Crippen LogP contribution is -2.58. The van der Waals surface area contributed by atoms with E-state index in [1.807, 2.05) is 0 Å². The second-order valence-corrected chi connectivity index (χ2v) is 7.86. The maximum Gasteiger partial charge on any atom is 0.213 e. The van der Waals surface area contributed by atoms with Crippen molar-refractivity contribution in [1.82, 2.24) is 0 Å². The van der Waals surface area contributed by atoms with E-state index in [1.54, 1.807) is 0 Å². The fourth-order valence-electron chi connectivity index (χ4n) is 4.70. The van der Waals surface area contributed by atoms with Gasteiger partial charge in [0.15, 0.2) is 6.20 Å². The van der Waals surface area contributed by atoms with Crippen molar-refractivity contribution >= 4 is 22.7 Å². The van der Waals surface area contributed by atoms with Gasteiger partial charge in [0.2, 0.25) is 11.2 Å². The molecule has 0 bridgehead atoms. The fourth-order valence-corrected chi connectivity index (χ4v) is 4.70. The highest BCUT2D eigenvalue weighted by atomic mass is 16.5. The SMILES string of the molecule is CN1c2ccccc2C(C)(C)C12C=Cc1c(ccc3c1ccc[n+]3C)O2. The molecule has 1 unspecified atom stereocenters. The van der Waals surface area contributed by atoms with Crippen molar-refractivity contribution in [3.8, 4) is 5.75 Å². The van der Waals surface area contributed by atoms with E-state index < -0.39 is 5.72 Å². The molecule has 1 aromatic heterocycles. The molecule has 5 rings (SSSR count). The van der Waals surface area contributed by atoms with Gasteiger partial charge in [-0.1, -0.05) is 18.2 Å². The highest BCUT2D eigenvalue weighted by Gasteiger charge is 2.57. The van der Waals surface area contributed by atoms with Crippen LogP contribution in [0.2, 0.25) is 0 Å². The third kappa shape index (κ3) is 1.70. The van der Waals surface area contributed by atoms with Crippen molar-refractivity contribution in [2.24, 2.45) is 7.05 Å². The minimum absolute atomic E-state index is 0.164. The zero-order chi connectivity index (χ0) is 18.1. The first kappa shape index (κ1) is 15.4. The molecule has 0 saturated carbocycles. The predicted molar refractivity (Wildman–Crippen MR) is 105 cm³/mol. The minimum Gasteiger partial charge on any atom is -0.463 e. The van der Waals surface area contributed by atoms with E-state index in [2.05, 4.69) is 104 Å². The molecule has 0 N–H and O–H groups in total. The van der Waals surface area contributed by atoms with Gasteiger partial charge in [-0.2, -0.15) is 0 Å². The van der Waals surface area contributed by atoms with Crippen LogP contribution in [0.15, 0.2) is 60.8 Å². The highest BCUT2D eigenvalue weighted by molar-refractivity contribution is 5.90. The number of likely N-dealkylation sites (N-methyl/N-ethyl adjacent to an activating group) is 1. The molecule has 0 aliphatic carbocycles. The molecule has 2 aliphatic rings. The Morgan fingerprint density at radius 2 is 1.81 bits per heavy atom. The Morgan fingerprint density at radius 1 is 1.00 bits per heavy atom. The molecule has 1 spiro atoms. The summed E-state index contributed by atoms with van der Waals surface area (Å²) >= 11 is 0. The standard InChI is InChI=1S/C23H23N2O/c1-22(2)18-9-5-6-10-20(18)25(4)23(22)14-13-17-16-8-7-15-24(3)19(16)11-12-21(17)26-23/h5-15H,1-4H3/q+1. The largest absolute Gasteiger partial charge is 0.463 e. The molecule has 3 aromatic rings. The number of hydrogen-bond donors (Lipinski definition) is 0. The predicted octanol–water partition coefficient (Wildman–Crippen LogP) is 4.19. The van der Waals surface area contributed by atoms with Crippen LogP contribution in [-0.2, 0) is 12.5 Å². The maximum absolute atomic E-state index is 6.77. The van der Waals surface area contributed by atoms with Crippen LogP contribution in [0.5, 0.6) is 5.75 Å². The Kier molecular flexibility index (Phi) is 2.90. The number of fused-ring (bicyclic) bond motifs is 4. The zero-order valence-corrected chi connectivity index (χ0v) is 15.7. The van der Waals surface area contributed by atoms with Crippen LogP contribution in [0, 0.1) is 0 Å². The number of nitrogens with zero attached hydrogens (tertiary/aromatic N) is 2. The van der Waals surface area contributed by atoms with Gasteiger partial charge in [0.1, 0.15) is 12.8 Å². The van der Waals surface area contributed by atoms with Crippen molar-refractivity contribution < 1.29 is 9.30 Å². The first-order valence-corrected chi connectivity index (χ1v) is 9.09. The van der Waals surface area contributed by atoms with E-state index in [4.69, 9.17) is 4.74 Å². The Morgan fingerprint density at radius 3 is 2.62 bits per heavy atom. The number of hydrogen-bond acceptors (Lipinski definition) is 2. The summed E-state index contributed by atoms with van der Waals surface area (Å²) < 4.78 is 8.92. The zero-order valence-electron chi connectivity index (χ0n) is 15.7. The molecule has 26 heavy (non-hydrogen) atoms. The van der Waals surface area contributed by atoms with Crippen LogP contribution in [0.4, 0.5) is 5.69 Å². The van der Waals surface area contributed by atoms with Gasteiger partial charge in [-0.3, -0.25) is 0 Å². The molecule has 0 amide bonds. The second-order valence-electron chi connectivity index (χ2n) is 7.86. The van der Waals surface area contributed by atoms with Crippen molar-refractivity contribution in [1.29, 1.82) is 0 Å². The van der Waals surface area contributed by atoms with Crippen molar-refractivity contribution in [3.63, 3.8) is 0 Å². The van der Waals surface area contributed by atoms with E-state index in [0.717, 1.165) is 11.3 Å². The number of aromatic nitrogens is 1. The molecule has 2 aliphatic heterocycles. The lowest BCUT2D eigenvalue weighted by Gasteiger charge is -2.45. The van der Waals surface area contributed by atoms with Crippen LogP contribution in [0.1, 0.15) is 25.0 Å². The summed E-state index contributed by atoms with van der Waals surface area (Å²) in [6, 6.07) is 17.1. The number of benzene rings is 2. The maximum atomic E-state index is 6.77. The molecule has 3 heterocycles. The number of pyridine rings is 1. The summed E-state index contributed by atoms with van der Waals surface area (Å²) in [4.78, 5) is 2.27. The highest BCUT2D eigenvalue weighted by Crippen LogP contribution is 2.54. The van der Waals surface area contributed by atoms with E-state index in [-0.39, 0.29) is 5.41 Å². The Bertz CT molecular complexity index is 1080. The van der Waals surface area contributed by atoms with Crippen molar-refractivity contribution in [3.05, 3.63) is 71.9 Å². The lowest BCUT2D eigenvalue weighted by atomic mass is 9.76. The first-order valence-electron chi connectivity index (χ1n) is 9.09. The summed E-state index contributed by atoms with van der Waals surface area (Å²) in [6.07, 6.45) is 6.56. The van der Waals surface area contributed by atoms with E-state index in [0.29, 0.717) is 0 Å². The quantitative estimate of drug-likeness (QED) is 0.569. The topological polar surface area (TPSA) is 16.4 Å². The van der Waals surface area contributed by atoms with Gasteiger partial charge in [-0.15, -0.1) is 0 Å². The molecular weight excluding hydrogens is 320 g/mol. The summed E-state index contributed by atoms with van der Waals surface area (Å²) in [5.41, 5.74) is 4.24. The van der Waals surface area contributed by atoms with Crippen LogP contribution < -0.4 is 14.2 Å². The average Bonchev–Trinajstić information content (AvgIpc) is 2.81. The molecule has 3 heteroatoms. The second kappa shape index (κ2) is 4.88. The number of rotatable bonds is 0. The van der Waals surface area contributed by atoms with Gasteiger partial charge in [0.05, 0.1) is 10.8 Å². The summed E-state index contributed by atoms with van der Waals surface area (Å²) in [7, 11) is 4.21. The summed E-state index contributed by atoms with van der Waals surface area (Å²) in [5, 5.41) is 1.22.